The molecule has 0 spiro atoms. The van der Waals surface area contributed by atoms with Crippen molar-refractivity contribution < 1.29 is 23.4 Å². The number of nitrogens with zero attached hydrogens (tertiary/aromatic N) is 1. The summed E-state index contributed by atoms with van der Waals surface area (Å²) in [4.78, 5) is 13.7. The second-order valence-electron chi connectivity index (χ2n) is 5.37. The molecule has 0 aliphatic carbocycles. The molecule has 2 rings (SSSR count). The number of ether oxygens (including phenoxy) is 1. The number of amides is 2. The highest BCUT2D eigenvalue weighted by molar-refractivity contribution is 5.75. The minimum Gasteiger partial charge on any atom is -0.391 e. The number of piperidine rings is 1. The van der Waals surface area contributed by atoms with Gasteiger partial charge in [-0.1, -0.05) is 6.07 Å². The lowest BCUT2D eigenvalue weighted by molar-refractivity contribution is 0.0811. The topological polar surface area (TPSA) is 61.8 Å². The summed E-state index contributed by atoms with van der Waals surface area (Å²) in [6.07, 6.45) is 0.882. The van der Waals surface area contributed by atoms with Gasteiger partial charge in [0.2, 0.25) is 0 Å². The lowest BCUT2D eigenvalue weighted by Gasteiger charge is -2.31. The third-order valence-electron chi connectivity index (χ3n) is 3.66. The van der Waals surface area contributed by atoms with E-state index in [0.717, 1.165) is 18.6 Å². The summed E-state index contributed by atoms with van der Waals surface area (Å²) in [6.45, 7) is 0.955. The molecule has 1 aromatic carbocycles. The average Bonchev–Trinajstić information content (AvgIpc) is 2.49. The van der Waals surface area contributed by atoms with Crippen LogP contribution in [0.2, 0.25) is 0 Å². The standard InChI is InChI=1S/C15H20F2N2O3/c1-22-9-14(10-4-5-12(16)13(17)7-10)18-15(21)19-6-2-3-11(20)8-19/h4-5,7,11,14,20H,2-3,6,8-9H2,1H3,(H,18,21). The van der Waals surface area contributed by atoms with Gasteiger partial charge < -0.3 is 20.1 Å². The highest BCUT2D eigenvalue weighted by atomic mass is 19.2. The van der Waals surface area contributed by atoms with Crippen LogP contribution >= 0.6 is 0 Å². The molecule has 1 aromatic rings. The third kappa shape index (κ3) is 4.14. The van der Waals surface area contributed by atoms with Crippen LogP contribution in [0.1, 0.15) is 24.4 Å². The number of halogens is 2. The van der Waals surface area contributed by atoms with E-state index in [1.54, 1.807) is 0 Å². The van der Waals surface area contributed by atoms with E-state index in [0.29, 0.717) is 18.5 Å². The fourth-order valence-electron chi connectivity index (χ4n) is 2.50. The van der Waals surface area contributed by atoms with Crippen LogP contribution < -0.4 is 5.32 Å². The van der Waals surface area contributed by atoms with E-state index >= 15 is 0 Å². The van der Waals surface area contributed by atoms with Gasteiger partial charge in [-0.05, 0) is 30.5 Å². The third-order valence-corrected chi connectivity index (χ3v) is 3.66. The molecule has 1 aliphatic heterocycles. The first-order valence-electron chi connectivity index (χ1n) is 7.18. The molecule has 2 amide bonds. The van der Waals surface area contributed by atoms with Crippen LogP contribution in [0, 0.1) is 11.6 Å². The molecule has 22 heavy (non-hydrogen) atoms. The first kappa shape index (κ1) is 16.6. The van der Waals surface area contributed by atoms with E-state index in [1.165, 1.54) is 18.1 Å². The van der Waals surface area contributed by atoms with Crippen LogP contribution in [0.25, 0.3) is 0 Å². The van der Waals surface area contributed by atoms with Gasteiger partial charge in [-0.2, -0.15) is 0 Å². The molecule has 2 unspecified atom stereocenters. The first-order chi connectivity index (χ1) is 10.5. The summed E-state index contributed by atoms with van der Waals surface area (Å²) in [7, 11) is 1.46. The Morgan fingerprint density at radius 2 is 2.27 bits per heavy atom. The molecule has 0 saturated carbocycles. The number of aliphatic hydroxyl groups is 1. The van der Waals surface area contributed by atoms with Crippen LogP contribution in [0.5, 0.6) is 0 Å². The minimum atomic E-state index is -0.971. The van der Waals surface area contributed by atoms with E-state index in [1.807, 2.05) is 0 Å². The molecule has 0 bridgehead atoms. The van der Waals surface area contributed by atoms with Gasteiger partial charge >= 0.3 is 6.03 Å². The van der Waals surface area contributed by atoms with E-state index < -0.39 is 23.8 Å². The first-order valence-corrected chi connectivity index (χ1v) is 7.18. The second-order valence-corrected chi connectivity index (χ2v) is 5.37. The van der Waals surface area contributed by atoms with Crippen LogP contribution in [-0.4, -0.2) is 48.9 Å². The number of aliphatic hydroxyl groups excluding tert-OH is 1. The zero-order chi connectivity index (χ0) is 16.1. The van der Waals surface area contributed by atoms with E-state index in [9.17, 15) is 18.7 Å². The summed E-state index contributed by atoms with van der Waals surface area (Å²) in [5.74, 6) is -1.91. The van der Waals surface area contributed by atoms with Crippen molar-refractivity contribution in [1.29, 1.82) is 0 Å². The predicted octanol–water partition coefficient (Wildman–Crippen LogP) is 1.82. The van der Waals surface area contributed by atoms with E-state index in [2.05, 4.69) is 5.32 Å². The van der Waals surface area contributed by atoms with Crippen molar-refractivity contribution in [3.8, 4) is 0 Å². The maximum atomic E-state index is 13.4. The Morgan fingerprint density at radius 1 is 1.50 bits per heavy atom. The highest BCUT2D eigenvalue weighted by Crippen LogP contribution is 2.18. The number of carbonyl (C=O) groups excluding carboxylic acids is 1. The fourth-order valence-corrected chi connectivity index (χ4v) is 2.50. The van der Waals surface area contributed by atoms with Gasteiger partial charge in [0.05, 0.1) is 18.8 Å². The molecule has 0 radical (unpaired) electrons. The van der Waals surface area contributed by atoms with Crippen molar-refractivity contribution in [1.82, 2.24) is 10.2 Å². The number of hydrogen-bond acceptors (Lipinski definition) is 3. The normalized spacial score (nSPS) is 19.8. The number of urea groups is 1. The molecule has 7 heteroatoms. The molecule has 5 nitrogen and oxygen atoms in total. The van der Waals surface area contributed by atoms with Crippen molar-refractivity contribution in [2.24, 2.45) is 0 Å². The highest BCUT2D eigenvalue weighted by Gasteiger charge is 2.24. The van der Waals surface area contributed by atoms with Gasteiger partial charge in [0.1, 0.15) is 0 Å². The number of likely N-dealkylation sites (tertiary alicyclic amines) is 1. The minimum absolute atomic E-state index is 0.132. The molecule has 1 aliphatic rings. The molecule has 0 aromatic heterocycles. The predicted molar refractivity (Wildman–Crippen MR) is 76.3 cm³/mol. The van der Waals surface area contributed by atoms with E-state index in [-0.39, 0.29) is 19.2 Å². The fraction of sp³-hybridized carbons (Fsp3) is 0.533. The Bertz CT molecular complexity index is 528. The lowest BCUT2D eigenvalue weighted by Crippen LogP contribution is -2.48. The van der Waals surface area contributed by atoms with Crippen molar-refractivity contribution in [2.45, 2.75) is 25.0 Å². The largest absolute Gasteiger partial charge is 0.391 e. The number of carbonyl (C=O) groups is 1. The average molecular weight is 314 g/mol. The Balaban J connectivity index is 2.07. The second kappa shape index (κ2) is 7.51. The van der Waals surface area contributed by atoms with Gasteiger partial charge in [-0.25, -0.2) is 13.6 Å². The van der Waals surface area contributed by atoms with Crippen LogP contribution in [0.3, 0.4) is 0 Å². The zero-order valence-corrected chi connectivity index (χ0v) is 12.4. The van der Waals surface area contributed by atoms with E-state index in [4.69, 9.17) is 4.74 Å². The molecule has 1 fully saturated rings. The Labute approximate surface area is 127 Å². The summed E-state index contributed by atoms with van der Waals surface area (Å²) >= 11 is 0. The molecule has 1 heterocycles. The Kier molecular flexibility index (Phi) is 5.68. The molecule has 1 saturated heterocycles. The van der Waals surface area contributed by atoms with Crippen molar-refractivity contribution >= 4 is 6.03 Å². The SMILES string of the molecule is COCC(NC(=O)N1CCCC(O)C1)c1ccc(F)c(F)c1. The maximum Gasteiger partial charge on any atom is 0.318 e. The molecular formula is C15H20F2N2O3. The van der Waals surface area contributed by atoms with Crippen LogP contribution in [-0.2, 0) is 4.74 Å². The number of β-amino-alcohol motifs (C(OH)–C–C–N with tert-alkyl or cyclic N) is 1. The monoisotopic (exact) mass is 314 g/mol. The van der Waals surface area contributed by atoms with Crippen molar-refractivity contribution in [3.05, 3.63) is 35.4 Å². The van der Waals surface area contributed by atoms with Gasteiger partial charge in [0, 0.05) is 20.2 Å². The van der Waals surface area contributed by atoms with Crippen LogP contribution in [0.15, 0.2) is 18.2 Å². The summed E-state index contributed by atoms with van der Waals surface area (Å²) in [6, 6.07) is 2.53. The van der Waals surface area contributed by atoms with Crippen LogP contribution in [0.4, 0.5) is 13.6 Å². The number of methoxy groups -OCH3 is 1. The number of benzene rings is 1. The smallest absolute Gasteiger partial charge is 0.318 e. The number of hydrogen-bond donors (Lipinski definition) is 2. The number of rotatable bonds is 4. The summed E-state index contributed by atoms with van der Waals surface area (Å²) in [5, 5.41) is 12.3. The number of nitrogens with one attached hydrogen (secondary N) is 1. The quantitative estimate of drug-likeness (QED) is 0.891. The molecular weight excluding hydrogens is 294 g/mol. The molecule has 2 N–H and O–H groups in total. The molecule has 122 valence electrons. The Morgan fingerprint density at radius 3 is 2.91 bits per heavy atom. The van der Waals surface area contributed by atoms with Crippen molar-refractivity contribution in [2.75, 3.05) is 26.8 Å². The zero-order valence-electron chi connectivity index (χ0n) is 12.4. The van der Waals surface area contributed by atoms with Gasteiger partial charge in [-0.15, -0.1) is 0 Å². The van der Waals surface area contributed by atoms with Crippen molar-refractivity contribution in [3.63, 3.8) is 0 Å². The molecule has 2 atom stereocenters. The Hall–Kier alpha value is -1.73. The van der Waals surface area contributed by atoms with Gasteiger partial charge in [0.15, 0.2) is 11.6 Å². The summed E-state index contributed by atoms with van der Waals surface area (Å²) in [5.41, 5.74) is 0.423. The van der Waals surface area contributed by atoms with Gasteiger partial charge in [0.25, 0.3) is 0 Å². The summed E-state index contributed by atoms with van der Waals surface area (Å²) < 4.78 is 31.4. The van der Waals surface area contributed by atoms with Gasteiger partial charge in [-0.3, -0.25) is 0 Å². The lowest BCUT2D eigenvalue weighted by atomic mass is 10.1. The maximum absolute atomic E-state index is 13.4.